The van der Waals surface area contributed by atoms with Gasteiger partial charge in [-0.1, -0.05) is 23.2 Å². The first kappa shape index (κ1) is 17.5. The molecule has 0 aliphatic carbocycles. The first-order valence-electron chi connectivity index (χ1n) is 7.97. The van der Waals surface area contributed by atoms with Crippen molar-refractivity contribution in [3.8, 4) is 0 Å². The van der Waals surface area contributed by atoms with Gasteiger partial charge in [-0.2, -0.15) is 0 Å². The number of benzene rings is 1. The molecular formula is C18H13Cl2N5O2. The van der Waals surface area contributed by atoms with Crippen molar-refractivity contribution in [1.82, 2.24) is 19.9 Å². The maximum absolute atomic E-state index is 13.2. The van der Waals surface area contributed by atoms with Crippen molar-refractivity contribution < 1.29 is 4.79 Å². The molecular weight excluding hydrogens is 389 g/mol. The average molecular weight is 402 g/mol. The molecule has 0 radical (unpaired) electrons. The molecule has 136 valence electrons. The minimum Gasteiger partial charge on any atom is -0.336 e. The normalized spacial score (nSPS) is 18.1. The van der Waals surface area contributed by atoms with Gasteiger partial charge in [-0.25, -0.2) is 9.97 Å². The van der Waals surface area contributed by atoms with Crippen molar-refractivity contribution >= 4 is 40.6 Å². The summed E-state index contributed by atoms with van der Waals surface area (Å²) in [6, 6.07) is 9.68. The van der Waals surface area contributed by atoms with Gasteiger partial charge in [0, 0.05) is 21.8 Å². The maximum Gasteiger partial charge on any atom is 0.277 e. The molecule has 27 heavy (non-hydrogen) atoms. The summed E-state index contributed by atoms with van der Waals surface area (Å²) in [5.41, 5.74) is -0.418. The molecule has 2 aromatic heterocycles. The first-order valence-corrected chi connectivity index (χ1v) is 8.73. The number of carbonyl (C=O) groups excluding carboxylic acids is 1. The predicted molar refractivity (Wildman–Crippen MR) is 103 cm³/mol. The van der Waals surface area contributed by atoms with Gasteiger partial charge in [-0.3, -0.25) is 14.2 Å². The van der Waals surface area contributed by atoms with Gasteiger partial charge >= 0.3 is 0 Å². The summed E-state index contributed by atoms with van der Waals surface area (Å²) in [7, 11) is 0. The summed E-state index contributed by atoms with van der Waals surface area (Å²) in [6.45, 7) is 1.72. The third kappa shape index (κ3) is 2.94. The van der Waals surface area contributed by atoms with Crippen molar-refractivity contribution in [2.24, 2.45) is 0 Å². The second-order valence-electron chi connectivity index (χ2n) is 6.18. The Morgan fingerprint density at radius 2 is 1.85 bits per heavy atom. The van der Waals surface area contributed by atoms with E-state index >= 15 is 0 Å². The topological polar surface area (TPSA) is 88.9 Å². The van der Waals surface area contributed by atoms with Crippen LogP contribution >= 0.6 is 23.2 Å². The van der Waals surface area contributed by atoms with Crippen molar-refractivity contribution in [3.63, 3.8) is 0 Å². The van der Waals surface area contributed by atoms with Crippen LogP contribution in [0.5, 0.6) is 0 Å². The fourth-order valence-corrected chi connectivity index (χ4v) is 3.66. The van der Waals surface area contributed by atoms with E-state index < -0.39 is 5.66 Å². The van der Waals surface area contributed by atoms with Crippen LogP contribution in [0.15, 0.2) is 53.7 Å². The lowest BCUT2D eigenvalue weighted by molar-refractivity contribution is 0.0941. The molecule has 3 aromatic rings. The van der Waals surface area contributed by atoms with Crippen LogP contribution in [0.25, 0.3) is 0 Å². The van der Waals surface area contributed by atoms with Gasteiger partial charge in [0.25, 0.3) is 11.5 Å². The maximum atomic E-state index is 13.2. The van der Waals surface area contributed by atoms with E-state index in [1.54, 1.807) is 49.5 Å². The molecule has 0 saturated heterocycles. The first-order chi connectivity index (χ1) is 12.9. The zero-order valence-corrected chi connectivity index (χ0v) is 15.5. The number of fused-ring (bicyclic) bond motifs is 1. The summed E-state index contributed by atoms with van der Waals surface area (Å²) in [6.07, 6.45) is 2.93. The summed E-state index contributed by atoms with van der Waals surface area (Å²) in [4.78, 5) is 33.5. The van der Waals surface area contributed by atoms with Crippen LogP contribution < -0.4 is 16.2 Å². The lowest BCUT2D eigenvalue weighted by atomic mass is 10.0. The van der Waals surface area contributed by atoms with Gasteiger partial charge in [-0.15, -0.1) is 0 Å². The zero-order valence-electron chi connectivity index (χ0n) is 14.0. The van der Waals surface area contributed by atoms with Crippen LogP contribution in [0.4, 0.5) is 11.5 Å². The molecule has 0 bridgehead atoms. The molecule has 1 amide bonds. The number of aromatic nitrogens is 3. The zero-order chi connectivity index (χ0) is 19.2. The summed E-state index contributed by atoms with van der Waals surface area (Å²) in [5, 5.41) is 6.62. The van der Waals surface area contributed by atoms with Gasteiger partial charge < -0.3 is 10.6 Å². The Morgan fingerprint density at radius 1 is 1.11 bits per heavy atom. The minimum atomic E-state index is -1.14. The molecule has 1 aromatic carbocycles. The van der Waals surface area contributed by atoms with Crippen LogP contribution in [0.1, 0.15) is 23.0 Å². The molecule has 1 aliphatic rings. The number of halogens is 2. The fourth-order valence-electron chi connectivity index (χ4n) is 3.13. The summed E-state index contributed by atoms with van der Waals surface area (Å²) in [5.74, 6) is 0.103. The molecule has 0 saturated carbocycles. The monoisotopic (exact) mass is 401 g/mol. The number of nitrogens with one attached hydrogen (secondary N) is 2. The highest BCUT2D eigenvalue weighted by atomic mass is 35.5. The number of rotatable bonds is 3. The Balaban J connectivity index is 1.88. The average Bonchev–Trinajstić information content (AvgIpc) is 2.90. The number of carbonyl (C=O) groups is 1. The Bertz CT molecular complexity index is 1100. The molecule has 1 aliphatic heterocycles. The van der Waals surface area contributed by atoms with Crippen LogP contribution in [0, 0.1) is 0 Å². The van der Waals surface area contributed by atoms with E-state index in [1.165, 1.54) is 10.9 Å². The van der Waals surface area contributed by atoms with E-state index in [2.05, 4.69) is 20.6 Å². The number of hydrogen-bond donors (Lipinski definition) is 2. The molecule has 7 nitrogen and oxygen atoms in total. The van der Waals surface area contributed by atoms with E-state index in [0.717, 1.165) is 0 Å². The van der Waals surface area contributed by atoms with Crippen molar-refractivity contribution in [1.29, 1.82) is 0 Å². The van der Waals surface area contributed by atoms with E-state index in [9.17, 15) is 9.59 Å². The van der Waals surface area contributed by atoms with E-state index in [-0.39, 0.29) is 22.8 Å². The summed E-state index contributed by atoms with van der Waals surface area (Å²) >= 11 is 12.2. The molecule has 9 heteroatoms. The van der Waals surface area contributed by atoms with Crippen LogP contribution in [-0.4, -0.2) is 20.4 Å². The SMILES string of the molecule is CC1(c2cc(Cl)cc(Cl)c2)NC(=O)c2ccc(Nc3ccncn3)c(=O)n21. The molecule has 3 heterocycles. The number of pyridine rings is 1. The fraction of sp³-hybridized carbons (Fsp3) is 0.111. The molecule has 2 N–H and O–H groups in total. The number of nitrogens with zero attached hydrogens (tertiary/aromatic N) is 3. The van der Waals surface area contributed by atoms with E-state index in [0.29, 0.717) is 21.4 Å². The van der Waals surface area contributed by atoms with E-state index in [4.69, 9.17) is 23.2 Å². The van der Waals surface area contributed by atoms with Gasteiger partial charge in [0.05, 0.1) is 0 Å². The number of amides is 1. The molecule has 0 fully saturated rings. The minimum absolute atomic E-state index is 0.242. The number of hydrogen-bond acceptors (Lipinski definition) is 5. The standard InChI is InChI=1S/C18H13Cl2N5O2/c1-18(10-6-11(19)8-12(20)7-10)24-16(26)14-3-2-13(17(27)25(14)18)23-15-4-5-21-9-22-15/h2-9H,1H3,(H,24,26)(H,21,22,23). The van der Waals surface area contributed by atoms with Gasteiger partial charge in [0.15, 0.2) is 0 Å². The highest BCUT2D eigenvalue weighted by Crippen LogP contribution is 2.32. The highest BCUT2D eigenvalue weighted by Gasteiger charge is 2.41. The lowest BCUT2D eigenvalue weighted by Crippen LogP contribution is -2.46. The highest BCUT2D eigenvalue weighted by molar-refractivity contribution is 6.34. The third-order valence-corrected chi connectivity index (χ3v) is 4.82. The molecule has 4 rings (SSSR count). The summed E-state index contributed by atoms with van der Waals surface area (Å²) < 4.78 is 1.39. The smallest absolute Gasteiger partial charge is 0.277 e. The second kappa shape index (κ2) is 6.37. The largest absolute Gasteiger partial charge is 0.336 e. The van der Waals surface area contributed by atoms with Crippen molar-refractivity contribution in [2.45, 2.75) is 12.6 Å². The van der Waals surface area contributed by atoms with Gasteiger partial charge in [-0.05, 0) is 43.3 Å². The Kier molecular flexibility index (Phi) is 4.13. The Labute approximate surface area is 164 Å². The van der Waals surface area contributed by atoms with Crippen LogP contribution in [0.3, 0.4) is 0 Å². The Morgan fingerprint density at radius 3 is 2.52 bits per heavy atom. The molecule has 0 spiro atoms. The van der Waals surface area contributed by atoms with Crippen molar-refractivity contribution in [3.05, 3.63) is 80.6 Å². The predicted octanol–water partition coefficient (Wildman–Crippen LogP) is 3.15. The third-order valence-electron chi connectivity index (χ3n) is 4.39. The van der Waals surface area contributed by atoms with Gasteiger partial charge in [0.2, 0.25) is 0 Å². The Hall–Kier alpha value is -2.90. The van der Waals surface area contributed by atoms with E-state index in [1.807, 2.05) is 0 Å². The lowest BCUT2D eigenvalue weighted by Gasteiger charge is -2.28. The quantitative estimate of drug-likeness (QED) is 0.703. The van der Waals surface area contributed by atoms with Crippen LogP contribution in [0.2, 0.25) is 10.0 Å². The van der Waals surface area contributed by atoms with Crippen LogP contribution in [-0.2, 0) is 5.66 Å². The van der Waals surface area contributed by atoms with Gasteiger partial charge in [0.1, 0.15) is 29.2 Å². The van der Waals surface area contributed by atoms with Crippen molar-refractivity contribution in [2.75, 3.05) is 5.32 Å². The number of anilines is 2. The molecule has 1 unspecified atom stereocenters. The second-order valence-corrected chi connectivity index (χ2v) is 7.05. The molecule has 1 atom stereocenters.